The van der Waals surface area contributed by atoms with E-state index >= 15 is 0 Å². The highest BCUT2D eigenvalue weighted by molar-refractivity contribution is 6.32. The van der Waals surface area contributed by atoms with Gasteiger partial charge >= 0.3 is 18.3 Å². The molecule has 1 aliphatic heterocycles. The zero-order valence-corrected chi connectivity index (χ0v) is 19.9. The summed E-state index contributed by atoms with van der Waals surface area (Å²) in [6.07, 6.45) is -13.4. The fourth-order valence-electron chi connectivity index (χ4n) is 4.01. The molecule has 4 rings (SSSR count). The quantitative estimate of drug-likeness (QED) is 0.284. The lowest BCUT2D eigenvalue weighted by Crippen LogP contribution is -2.18. The first-order valence-corrected chi connectivity index (χ1v) is 11.1. The standard InChI is InChI=1S/C23H18ClF6N3O4/c1-3-36-17(34)10-16-20-31-32-21(23(28,29)30)33(20)14-8-7-11(22(25,26)27)9-13(14)19(37-16)12-5-4-6-15(35-2)18(12)24/h4-9,16,19H,3,10H2,1-2H3/t16-,19-/m0/s1. The number of hydrogen-bond donors (Lipinski definition) is 0. The molecular weight excluding hydrogens is 532 g/mol. The molecule has 1 aromatic heterocycles. The highest BCUT2D eigenvalue weighted by Gasteiger charge is 2.44. The summed E-state index contributed by atoms with van der Waals surface area (Å²) in [5.74, 6) is -2.62. The van der Waals surface area contributed by atoms with E-state index in [9.17, 15) is 31.1 Å². The first-order chi connectivity index (χ1) is 17.4. The van der Waals surface area contributed by atoms with Crippen LogP contribution in [0.2, 0.25) is 5.02 Å². The van der Waals surface area contributed by atoms with Crippen molar-refractivity contribution in [1.82, 2.24) is 14.8 Å². The number of carbonyl (C=O) groups is 1. The van der Waals surface area contributed by atoms with Crippen molar-refractivity contribution in [3.05, 3.63) is 69.8 Å². The number of alkyl halides is 6. The highest BCUT2D eigenvalue weighted by Crippen LogP contribution is 2.47. The summed E-state index contributed by atoms with van der Waals surface area (Å²) in [5.41, 5.74) is -1.66. The molecular formula is C23H18ClF6N3O4. The number of ether oxygens (including phenoxy) is 3. The van der Waals surface area contributed by atoms with Crippen LogP contribution in [0.5, 0.6) is 5.75 Å². The molecule has 0 radical (unpaired) electrons. The molecule has 0 fully saturated rings. The second kappa shape index (κ2) is 9.86. The van der Waals surface area contributed by atoms with Crippen LogP contribution in [0.15, 0.2) is 36.4 Å². The largest absolute Gasteiger partial charge is 0.495 e. The molecule has 0 unspecified atom stereocenters. The molecule has 0 amide bonds. The van der Waals surface area contributed by atoms with Gasteiger partial charge in [-0.05, 0) is 31.2 Å². The van der Waals surface area contributed by atoms with E-state index in [4.69, 9.17) is 25.8 Å². The van der Waals surface area contributed by atoms with Crippen molar-refractivity contribution in [2.75, 3.05) is 13.7 Å². The van der Waals surface area contributed by atoms with Crippen LogP contribution in [0.1, 0.15) is 53.9 Å². The topological polar surface area (TPSA) is 75.5 Å². The number of fused-ring (bicyclic) bond motifs is 3. The van der Waals surface area contributed by atoms with E-state index in [0.29, 0.717) is 16.7 Å². The normalized spacial score (nSPS) is 17.5. The number of halogens is 7. The number of nitrogens with zero attached hydrogens (tertiary/aromatic N) is 3. The Kier molecular flexibility index (Phi) is 7.12. The van der Waals surface area contributed by atoms with Crippen LogP contribution in [0.25, 0.3) is 5.69 Å². The molecule has 2 atom stereocenters. The van der Waals surface area contributed by atoms with Gasteiger partial charge in [-0.2, -0.15) is 26.3 Å². The van der Waals surface area contributed by atoms with Crippen molar-refractivity contribution >= 4 is 17.6 Å². The molecule has 198 valence electrons. The molecule has 0 bridgehead atoms. The van der Waals surface area contributed by atoms with Crippen LogP contribution in [-0.2, 0) is 26.6 Å². The Hall–Kier alpha value is -3.32. The minimum Gasteiger partial charge on any atom is -0.495 e. The van der Waals surface area contributed by atoms with Gasteiger partial charge in [0.15, 0.2) is 5.82 Å². The molecule has 3 aromatic rings. The third-order valence-electron chi connectivity index (χ3n) is 5.56. The summed E-state index contributed by atoms with van der Waals surface area (Å²) < 4.78 is 99.5. The van der Waals surface area contributed by atoms with Crippen molar-refractivity contribution < 1.29 is 45.3 Å². The first kappa shape index (κ1) is 26.7. The number of aromatic nitrogens is 3. The molecule has 37 heavy (non-hydrogen) atoms. The summed E-state index contributed by atoms with van der Waals surface area (Å²) in [5, 5.41) is 6.79. The van der Waals surface area contributed by atoms with Gasteiger partial charge in [0.1, 0.15) is 18.0 Å². The van der Waals surface area contributed by atoms with Crippen LogP contribution in [0, 0.1) is 0 Å². The molecule has 7 nitrogen and oxygen atoms in total. The van der Waals surface area contributed by atoms with Gasteiger partial charge in [0.05, 0.1) is 36.4 Å². The number of rotatable bonds is 5. The number of benzene rings is 2. The Morgan fingerprint density at radius 1 is 1.08 bits per heavy atom. The fraction of sp³-hybridized carbons (Fsp3) is 0.348. The first-order valence-electron chi connectivity index (χ1n) is 10.7. The lowest BCUT2D eigenvalue weighted by atomic mass is 9.97. The minimum absolute atomic E-state index is 0.0215. The number of methoxy groups -OCH3 is 1. The minimum atomic E-state index is -5.03. The zero-order valence-electron chi connectivity index (χ0n) is 19.2. The molecule has 0 saturated heterocycles. The van der Waals surface area contributed by atoms with Gasteiger partial charge in [-0.1, -0.05) is 23.7 Å². The van der Waals surface area contributed by atoms with E-state index in [-0.39, 0.29) is 34.2 Å². The maximum atomic E-state index is 13.9. The average Bonchev–Trinajstić information content (AvgIpc) is 3.22. The molecule has 2 aromatic carbocycles. The maximum Gasteiger partial charge on any atom is 0.452 e. The van der Waals surface area contributed by atoms with Crippen molar-refractivity contribution in [3.63, 3.8) is 0 Å². The van der Waals surface area contributed by atoms with Crippen molar-refractivity contribution in [1.29, 1.82) is 0 Å². The third kappa shape index (κ3) is 5.10. The maximum absolute atomic E-state index is 13.9. The molecule has 0 aliphatic carbocycles. The zero-order chi connectivity index (χ0) is 27.1. The number of carbonyl (C=O) groups excluding carboxylic acids is 1. The van der Waals surface area contributed by atoms with Crippen LogP contribution in [0.3, 0.4) is 0 Å². The summed E-state index contributed by atoms with van der Waals surface area (Å²) >= 11 is 6.45. The van der Waals surface area contributed by atoms with E-state index in [2.05, 4.69) is 10.2 Å². The number of hydrogen-bond acceptors (Lipinski definition) is 6. The van der Waals surface area contributed by atoms with E-state index in [1.165, 1.54) is 32.2 Å². The smallest absolute Gasteiger partial charge is 0.452 e. The molecule has 0 spiro atoms. The SMILES string of the molecule is CCOC(=O)C[C@@H]1O[C@@H](c2cccc(OC)c2Cl)c2cc(C(F)(F)F)ccc2-n2c1nnc2C(F)(F)F. The number of esters is 1. The second-order valence-corrected chi connectivity index (χ2v) is 8.24. The predicted octanol–water partition coefficient (Wildman–Crippen LogP) is 6.08. The van der Waals surface area contributed by atoms with Crippen LogP contribution >= 0.6 is 11.6 Å². The Balaban J connectivity index is 2.03. The van der Waals surface area contributed by atoms with Gasteiger partial charge in [0, 0.05) is 11.1 Å². The van der Waals surface area contributed by atoms with Crippen molar-refractivity contribution in [2.45, 2.75) is 37.9 Å². The van der Waals surface area contributed by atoms with Gasteiger partial charge in [0.2, 0.25) is 5.82 Å². The highest BCUT2D eigenvalue weighted by atomic mass is 35.5. The Labute approximate surface area is 210 Å². The molecule has 1 aliphatic rings. The lowest BCUT2D eigenvalue weighted by Gasteiger charge is -2.24. The molecule has 2 heterocycles. The fourth-order valence-corrected chi connectivity index (χ4v) is 4.31. The lowest BCUT2D eigenvalue weighted by molar-refractivity contribution is -0.147. The van der Waals surface area contributed by atoms with Crippen LogP contribution in [0.4, 0.5) is 26.3 Å². The Morgan fingerprint density at radius 3 is 2.43 bits per heavy atom. The van der Waals surface area contributed by atoms with Gasteiger partial charge in [0.25, 0.3) is 0 Å². The van der Waals surface area contributed by atoms with E-state index in [1.54, 1.807) is 0 Å². The second-order valence-electron chi connectivity index (χ2n) is 7.86. The third-order valence-corrected chi connectivity index (χ3v) is 5.97. The Morgan fingerprint density at radius 2 is 1.81 bits per heavy atom. The van der Waals surface area contributed by atoms with Gasteiger partial charge < -0.3 is 14.2 Å². The van der Waals surface area contributed by atoms with Gasteiger partial charge in [-0.25, -0.2) is 0 Å². The van der Waals surface area contributed by atoms with Crippen LogP contribution < -0.4 is 4.74 Å². The van der Waals surface area contributed by atoms with E-state index < -0.39 is 54.2 Å². The summed E-state index contributed by atoms with van der Waals surface area (Å²) in [6, 6.07) is 6.59. The predicted molar refractivity (Wildman–Crippen MR) is 116 cm³/mol. The summed E-state index contributed by atoms with van der Waals surface area (Å²) in [4.78, 5) is 12.3. The van der Waals surface area contributed by atoms with Crippen molar-refractivity contribution in [3.8, 4) is 11.4 Å². The molecule has 0 saturated carbocycles. The monoisotopic (exact) mass is 549 g/mol. The summed E-state index contributed by atoms with van der Waals surface area (Å²) in [6.45, 7) is 1.51. The molecule has 14 heteroatoms. The molecule has 0 N–H and O–H groups in total. The van der Waals surface area contributed by atoms with E-state index in [0.717, 1.165) is 6.07 Å². The Bertz CT molecular complexity index is 1320. The van der Waals surface area contributed by atoms with Crippen LogP contribution in [-0.4, -0.2) is 34.5 Å². The van der Waals surface area contributed by atoms with E-state index in [1.807, 2.05) is 0 Å². The van der Waals surface area contributed by atoms with Gasteiger partial charge in [-0.3, -0.25) is 9.36 Å². The van der Waals surface area contributed by atoms with Crippen molar-refractivity contribution in [2.24, 2.45) is 0 Å². The van der Waals surface area contributed by atoms with Gasteiger partial charge in [-0.15, -0.1) is 10.2 Å². The summed E-state index contributed by atoms with van der Waals surface area (Å²) in [7, 11) is 1.31. The average molecular weight is 550 g/mol.